The number of thioether (sulfide) groups is 1. The fourth-order valence-corrected chi connectivity index (χ4v) is 3.27. The summed E-state index contributed by atoms with van der Waals surface area (Å²) in [7, 11) is 0. The van der Waals surface area contributed by atoms with Crippen LogP contribution in [0.25, 0.3) is 22.4 Å². The number of nitrogen functional groups attached to an aromatic ring is 1. The van der Waals surface area contributed by atoms with E-state index in [2.05, 4.69) is 9.97 Å². The van der Waals surface area contributed by atoms with Gasteiger partial charge in [-0.15, -0.1) is 11.8 Å². The first kappa shape index (κ1) is 13.2. The van der Waals surface area contributed by atoms with Crippen molar-refractivity contribution in [2.24, 2.45) is 0 Å². The molecule has 0 unspecified atom stereocenters. The molecule has 2 aromatic carbocycles. The number of nitrogens with zero attached hydrogens (tertiary/aromatic N) is 2. The molecule has 108 valence electrons. The van der Waals surface area contributed by atoms with E-state index in [-0.39, 0.29) is 5.95 Å². The van der Waals surface area contributed by atoms with Crippen molar-refractivity contribution in [1.29, 1.82) is 0 Å². The highest BCUT2D eigenvalue weighted by Crippen LogP contribution is 2.48. The van der Waals surface area contributed by atoms with Crippen LogP contribution in [0.5, 0.6) is 11.5 Å². The van der Waals surface area contributed by atoms with Gasteiger partial charge in [-0.1, -0.05) is 30.3 Å². The Morgan fingerprint density at radius 3 is 2.27 bits per heavy atom. The highest BCUT2D eigenvalue weighted by molar-refractivity contribution is 7.98. The van der Waals surface area contributed by atoms with Crippen molar-refractivity contribution in [3.8, 4) is 33.9 Å². The second-order valence-corrected chi connectivity index (χ2v) is 5.70. The van der Waals surface area contributed by atoms with Gasteiger partial charge >= 0.3 is 0 Å². The van der Waals surface area contributed by atoms with Crippen LogP contribution in [0, 0.1) is 0 Å². The molecule has 0 atom stereocenters. The number of anilines is 1. The summed E-state index contributed by atoms with van der Waals surface area (Å²) in [5.41, 5.74) is 9.61. The van der Waals surface area contributed by atoms with Gasteiger partial charge in [0.25, 0.3) is 0 Å². The Balaban J connectivity index is 2.17. The molecular formula is C17H13N3OS. The van der Waals surface area contributed by atoms with Gasteiger partial charge in [0.05, 0.1) is 5.69 Å². The molecule has 0 saturated carbocycles. The van der Waals surface area contributed by atoms with Crippen LogP contribution in [0.4, 0.5) is 5.95 Å². The third-order valence-corrected chi connectivity index (χ3v) is 4.29. The van der Waals surface area contributed by atoms with Gasteiger partial charge in [0.15, 0.2) is 0 Å². The number of benzene rings is 2. The van der Waals surface area contributed by atoms with Gasteiger partial charge in [0, 0.05) is 16.7 Å². The summed E-state index contributed by atoms with van der Waals surface area (Å²) >= 11 is 1.56. The summed E-state index contributed by atoms with van der Waals surface area (Å²) in [6.07, 6.45) is 1.99. The average molecular weight is 307 g/mol. The maximum Gasteiger partial charge on any atom is 0.221 e. The quantitative estimate of drug-likeness (QED) is 0.421. The summed E-state index contributed by atoms with van der Waals surface area (Å²) in [5, 5.41) is 0.857. The van der Waals surface area contributed by atoms with Crippen LogP contribution >= 0.6 is 11.8 Å². The third kappa shape index (κ3) is 1.94. The van der Waals surface area contributed by atoms with Gasteiger partial charge in [-0.2, -0.15) is 0 Å². The first-order chi connectivity index (χ1) is 10.8. The largest absolute Gasteiger partial charge is 0.456 e. The molecule has 2 heterocycles. The lowest BCUT2D eigenvalue weighted by Crippen LogP contribution is -2.01. The predicted octanol–water partition coefficient (Wildman–Crippen LogP) is 4.22. The zero-order chi connectivity index (χ0) is 15.1. The number of fused-ring (bicyclic) bond motifs is 5. The number of nitrogens with two attached hydrogens (primary N) is 1. The van der Waals surface area contributed by atoms with E-state index in [0.717, 1.165) is 38.9 Å². The fourth-order valence-electron chi connectivity index (χ4n) is 2.67. The van der Waals surface area contributed by atoms with Gasteiger partial charge in [-0.25, -0.2) is 9.97 Å². The number of para-hydroxylation sites is 2. The van der Waals surface area contributed by atoms with Crippen LogP contribution in [0.1, 0.15) is 0 Å². The van der Waals surface area contributed by atoms with Crippen LogP contribution < -0.4 is 10.5 Å². The minimum Gasteiger partial charge on any atom is -0.456 e. The number of ether oxygens (including phenoxy) is 1. The van der Waals surface area contributed by atoms with Crippen molar-refractivity contribution in [2.75, 3.05) is 12.0 Å². The minimum absolute atomic E-state index is 0.275. The molecule has 1 aliphatic heterocycles. The van der Waals surface area contributed by atoms with Crippen molar-refractivity contribution in [3.63, 3.8) is 0 Å². The summed E-state index contributed by atoms with van der Waals surface area (Å²) in [6.45, 7) is 0. The fraction of sp³-hybridized carbons (Fsp3) is 0.0588. The van der Waals surface area contributed by atoms with Crippen molar-refractivity contribution >= 4 is 17.7 Å². The topological polar surface area (TPSA) is 61.0 Å². The Labute approximate surface area is 132 Å². The summed E-state index contributed by atoms with van der Waals surface area (Å²) in [4.78, 5) is 8.89. The Morgan fingerprint density at radius 2 is 1.55 bits per heavy atom. The summed E-state index contributed by atoms with van der Waals surface area (Å²) < 4.78 is 6.11. The number of aromatic nitrogens is 2. The second kappa shape index (κ2) is 5.03. The van der Waals surface area contributed by atoms with Crippen molar-refractivity contribution in [3.05, 3.63) is 48.5 Å². The maximum absolute atomic E-state index is 6.11. The first-order valence-corrected chi connectivity index (χ1v) is 8.08. The van der Waals surface area contributed by atoms with E-state index in [1.807, 2.05) is 54.8 Å². The second-order valence-electron chi connectivity index (χ2n) is 4.91. The first-order valence-electron chi connectivity index (χ1n) is 6.86. The molecule has 0 spiro atoms. The highest BCUT2D eigenvalue weighted by atomic mass is 32.2. The molecular weight excluding hydrogens is 294 g/mol. The van der Waals surface area contributed by atoms with Crippen molar-refractivity contribution in [2.45, 2.75) is 5.03 Å². The number of hydrogen-bond acceptors (Lipinski definition) is 5. The molecule has 1 aromatic heterocycles. The van der Waals surface area contributed by atoms with E-state index < -0.39 is 0 Å². The van der Waals surface area contributed by atoms with Crippen LogP contribution in [-0.2, 0) is 0 Å². The molecule has 4 nitrogen and oxygen atoms in total. The smallest absolute Gasteiger partial charge is 0.221 e. The van der Waals surface area contributed by atoms with Crippen molar-refractivity contribution in [1.82, 2.24) is 9.97 Å². The van der Waals surface area contributed by atoms with Crippen LogP contribution in [0.2, 0.25) is 0 Å². The van der Waals surface area contributed by atoms with Gasteiger partial charge < -0.3 is 10.5 Å². The predicted molar refractivity (Wildman–Crippen MR) is 89.2 cm³/mol. The van der Waals surface area contributed by atoms with E-state index in [9.17, 15) is 0 Å². The van der Waals surface area contributed by atoms with Crippen LogP contribution in [0.3, 0.4) is 0 Å². The van der Waals surface area contributed by atoms with E-state index in [1.54, 1.807) is 11.8 Å². The van der Waals surface area contributed by atoms with E-state index >= 15 is 0 Å². The molecule has 0 saturated heterocycles. The van der Waals surface area contributed by atoms with Crippen molar-refractivity contribution < 1.29 is 4.74 Å². The van der Waals surface area contributed by atoms with Gasteiger partial charge in [-0.05, 0) is 24.5 Å². The van der Waals surface area contributed by atoms with Gasteiger partial charge in [-0.3, -0.25) is 0 Å². The minimum atomic E-state index is 0.275. The van der Waals surface area contributed by atoms with E-state index in [4.69, 9.17) is 10.5 Å². The number of rotatable bonds is 1. The molecule has 0 radical (unpaired) electrons. The summed E-state index contributed by atoms with van der Waals surface area (Å²) in [5.74, 6) is 1.86. The van der Waals surface area contributed by atoms with Gasteiger partial charge in [0.1, 0.15) is 16.5 Å². The average Bonchev–Trinajstić information content (AvgIpc) is 2.68. The normalized spacial score (nSPS) is 11.7. The molecule has 2 N–H and O–H groups in total. The molecule has 4 rings (SSSR count). The Morgan fingerprint density at radius 1 is 0.909 bits per heavy atom. The monoisotopic (exact) mass is 307 g/mol. The molecule has 0 amide bonds. The highest BCUT2D eigenvalue weighted by Gasteiger charge is 2.25. The lowest BCUT2D eigenvalue weighted by molar-refractivity contribution is 0.487. The number of hydrogen-bond donors (Lipinski definition) is 1. The standard InChI is InChI=1S/C17H13N3OS/c1-22-16-14-10-6-2-4-8-12(10)21-13-9-5-3-7-11(13)15(14)19-17(18)20-16/h2-9H,1H3,(H2,18,19,20). The Hall–Kier alpha value is -2.53. The van der Waals surface area contributed by atoms with E-state index in [0.29, 0.717) is 0 Å². The van der Waals surface area contributed by atoms with Crippen LogP contribution in [-0.4, -0.2) is 16.2 Å². The zero-order valence-corrected chi connectivity index (χ0v) is 12.7. The van der Waals surface area contributed by atoms with Crippen LogP contribution in [0.15, 0.2) is 53.6 Å². The molecule has 3 aromatic rings. The molecule has 22 heavy (non-hydrogen) atoms. The third-order valence-electron chi connectivity index (χ3n) is 3.60. The maximum atomic E-state index is 6.11. The molecule has 0 fully saturated rings. The molecule has 0 aliphatic carbocycles. The lowest BCUT2D eigenvalue weighted by atomic mass is 10.0. The van der Waals surface area contributed by atoms with Gasteiger partial charge in [0.2, 0.25) is 5.95 Å². The Bertz CT molecular complexity index is 880. The zero-order valence-electron chi connectivity index (χ0n) is 11.9. The lowest BCUT2D eigenvalue weighted by Gasteiger charge is -2.11. The van der Waals surface area contributed by atoms with E-state index in [1.165, 1.54) is 0 Å². The molecule has 0 bridgehead atoms. The molecule has 1 aliphatic rings. The Kier molecular flexibility index (Phi) is 3.01. The summed E-state index contributed by atoms with van der Waals surface area (Å²) in [6, 6.07) is 15.8. The SMILES string of the molecule is CSc1nc(N)nc2c1-c1ccccc1Oc1ccccc1-2. The molecule has 5 heteroatoms.